The Morgan fingerprint density at radius 3 is 2.10 bits per heavy atom. The van der Waals surface area contributed by atoms with Gasteiger partial charge in [-0.25, -0.2) is 8.42 Å². The molecule has 0 aromatic heterocycles. The lowest BCUT2D eigenvalue weighted by molar-refractivity contribution is 0.467. The van der Waals surface area contributed by atoms with Gasteiger partial charge in [0, 0.05) is 11.1 Å². The van der Waals surface area contributed by atoms with Crippen LogP contribution >= 0.6 is 0 Å². The van der Waals surface area contributed by atoms with Crippen molar-refractivity contribution in [1.29, 1.82) is 0 Å². The summed E-state index contributed by atoms with van der Waals surface area (Å²) >= 11 is 0. The predicted molar refractivity (Wildman–Crippen MR) is 80.6 cm³/mol. The molecule has 0 unspecified atom stereocenters. The van der Waals surface area contributed by atoms with E-state index in [1.54, 1.807) is 33.8 Å². The van der Waals surface area contributed by atoms with Gasteiger partial charge in [0.25, 0.3) is 0 Å². The van der Waals surface area contributed by atoms with E-state index in [1.165, 1.54) is 18.2 Å². The summed E-state index contributed by atoms with van der Waals surface area (Å²) in [5, 5.41) is 19.7. The summed E-state index contributed by atoms with van der Waals surface area (Å²) in [5.74, 6) is -0.113. The van der Waals surface area contributed by atoms with Crippen LogP contribution in [0.5, 0.6) is 11.5 Å². The van der Waals surface area contributed by atoms with E-state index >= 15 is 0 Å². The maximum Gasteiger partial charge on any atom is 0.207 e. The van der Waals surface area contributed by atoms with Gasteiger partial charge in [0.1, 0.15) is 11.5 Å². The maximum atomic E-state index is 12.9. The molecule has 4 nitrogen and oxygen atoms in total. The van der Waals surface area contributed by atoms with Gasteiger partial charge in [0.05, 0.1) is 9.79 Å². The molecule has 0 amide bonds. The molecule has 0 aliphatic carbocycles. The van der Waals surface area contributed by atoms with Gasteiger partial charge in [-0.05, 0) is 57.0 Å². The fraction of sp³-hybridized carbons (Fsp3) is 0.250. The maximum absolute atomic E-state index is 12.9. The molecule has 0 bridgehead atoms. The van der Waals surface area contributed by atoms with Crippen LogP contribution in [0.4, 0.5) is 0 Å². The molecule has 0 saturated heterocycles. The number of hydrogen-bond donors (Lipinski definition) is 2. The van der Waals surface area contributed by atoms with Gasteiger partial charge in [-0.15, -0.1) is 0 Å². The average Bonchev–Trinajstić information content (AvgIpc) is 2.38. The first-order chi connectivity index (χ1) is 9.66. The minimum atomic E-state index is -3.82. The number of aromatic hydroxyl groups is 2. The van der Waals surface area contributed by atoms with E-state index in [1.807, 2.05) is 0 Å². The SMILES string of the molecule is Cc1cc(O)c(C)c(S(=O)(=O)c2c(C)ccc(O)c2C)c1. The topological polar surface area (TPSA) is 74.6 Å². The zero-order valence-electron chi connectivity index (χ0n) is 12.4. The molecule has 0 radical (unpaired) electrons. The van der Waals surface area contributed by atoms with Crippen LogP contribution in [0.1, 0.15) is 22.3 Å². The van der Waals surface area contributed by atoms with Gasteiger partial charge in [-0.1, -0.05) is 6.07 Å². The fourth-order valence-electron chi connectivity index (χ4n) is 2.43. The second-order valence-corrected chi connectivity index (χ2v) is 7.12. The monoisotopic (exact) mass is 306 g/mol. The standard InChI is InChI=1S/C16H18O4S/c1-9-7-14(18)11(3)15(8-9)21(19,20)16-10(2)5-6-13(17)12(16)4/h5-8,17-18H,1-4H3. The van der Waals surface area contributed by atoms with E-state index in [0.717, 1.165) is 0 Å². The molecule has 21 heavy (non-hydrogen) atoms. The molecule has 5 heteroatoms. The Kier molecular flexibility index (Phi) is 3.72. The average molecular weight is 306 g/mol. The second kappa shape index (κ2) is 5.07. The van der Waals surface area contributed by atoms with Crippen molar-refractivity contribution in [2.75, 3.05) is 0 Å². The van der Waals surface area contributed by atoms with Crippen molar-refractivity contribution < 1.29 is 18.6 Å². The molecule has 0 saturated carbocycles. The van der Waals surface area contributed by atoms with Gasteiger partial charge in [-0.3, -0.25) is 0 Å². The Hall–Kier alpha value is -2.01. The van der Waals surface area contributed by atoms with Crippen LogP contribution in [0.15, 0.2) is 34.1 Å². The van der Waals surface area contributed by atoms with Crippen LogP contribution in [-0.4, -0.2) is 18.6 Å². The fourth-order valence-corrected chi connectivity index (χ4v) is 4.49. The Balaban J connectivity index is 2.84. The number of sulfone groups is 1. The summed E-state index contributed by atoms with van der Waals surface area (Å²) in [6, 6.07) is 6.11. The van der Waals surface area contributed by atoms with Crippen LogP contribution < -0.4 is 0 Å². The third-order valence-corrected chi connectivity index (χ3v) is 5.78. The Labute approximate surface area is 124 Å². The third kappa shape index (κ3) is 2.49. The van der Waals surface area contributed by atoms with Crippen molar-refractivity contribution in [1.82, 2.24) is 0 Å². The lowest BCUT2D eigenvalue weighted by Crippen LogP contribution is -2.08. The molecule has 2 aromatic carbocycles. The van der Waals surface area contributed by atoms with Crippen LogP contribution in [0, 0.1) is 27.7 Å². The van der Waals surface area contributed by atoms with Crippen molar-refractivity contribution >= 4 is 9.84 Å². The molecule has 2 aromatic rings. The summed E-state index contributed by atoms with van der Waals surface area (Å²) in [6.07, 6.45) is 0. The number of phenols is 2. The zero-order valence-corrected chi connectivity index (χ0v) is 13.2. The van der Waals surface area contributed by atoms with E-state index in [-0.39, 0.29) is 21.3 Å². The van der Waals surface area contributed by atoms with Crippen molar-refractivity contribution in [2.45, 2.75) is 37.5 Å². The number of benzene rings is 2. The molecule has 112 valence electrons. The number of hydrogen-bond acceptors (Lipinski definition) is 4. The number of aryl methyl sites for hydroxylation is 2. The number of phenolic OH excluding ortho intramolecular Hbond substituents is 2. The van der Waals surface area contributed by atoms with E-state index in [9.17, 15) is 18.6 Å². The third-order valence-electron chi connectivity index (χ3n) is 3.61. The summed E-state index contributed by atoms with van der Waals surface area (Å²) in [6.45, 7) is 6.54. The Morgan fingerprint density at radius 2 is 1.48 bits per heavy atom. The molecule has 0 spiro atoms. The lowest BCUT2D eigenvalue weighted by Gasteiger charge is -2.15. The minimum Gasteiger partial charge on any atom is -0.508 e. The summed E-state index contributed by atoms with van der Waals surface area (Å²) in [4.78, 5) is 0.160. The molecular weight excluding hydrogens is 288 g/mol. The summed E-state index contributed by atoms with van der Waals surface area (Å²) in [5.41, 5.74) is 1.84. The van der Waals surface area contributed by atoms with Crippen LogP contribution in [-0.2, 0) is 9.84 Å². The van der Waals surface area contributed by atoms with Gasteiger partial charge in [0.2, 0.25) is 9.84 Å². The Morgan fingerprint density at radius 1 is 0.857 bits per heavy atom. The van der Waals surface area contributed by atoms with Crippen LogP contribution in [0.25, 0.3) is 0 Å². The van der Waals surface area contributed by atoms with E-state index in [0.29, 0.717) is 22.3 Å². The van der Waals surface area contributed by atoms with E-state index in [2.05, 4.69) is 0 Å². The summed E-state index contributed by atoms with van der Waals surface area (Å²) < 4.78 is 25.9. The highest BCUT2D eigenvalue weighted by Crippen LogP contribution is 2.35. The van der Waals surface area contributed by atoms with E-state index < -0.39 is 9.84 Å². The van der Waals surface area contributed by atoms with Gasteiger partial charge >= 0.3 is 0 Å². The molecule has 0 heterocycles. The van der Waals surface area contributed by atoms with Crippen LogP contribution in [0.2, 0.25) is 0 Å². The molecule has 0 aliphatic rings. The highest BCUT2D eigenvalue weighted by Gasteiger charge is 2.26. The van der Waals surface area contributed by atoms with Crippen molar-refractivity contribution in [2.24, 2.45) is 0 Å². The highest BCUT2D eigenvalue weighted by atomic mass is 32.2. The Bertz CT molecular complexity index is 821. The second-order valence-electron chi connectivity index (χ2n) is 5.27. The quantitative estimate of drug-likeness (QED) is 0.893. The molecule has 0 fully saturated rings. The predicted octanol–water partition coefficient (Wildman–Crippen LogP) is 3.16. The van der Waals surface area contributed by atoms with Gasteiger partial charge < -0.3 is 10.2 Å². The molecule has 2 rings (SSSR count). The first-order valence-electron chi connectivity index (χ1n) is 6.50. The first kappa shape index (κ1) is 15.4. The lowest BCUT2D eigenvalue weighted by atomic mass is 10.1. The minimum absolute atomic E-state index is 0.0518. The van der Waals surface area contributed by atoms with Crippen LogP contribution in [0.3, 0.4) is 0 Å². The molecule has 0 aliphatic heterocycles. The van der Waals surface area contributed by atoms with E-state index in [4.69, 9.17) is 0 Å². The highest BCUT2D eigenvalue weighted by molar-refractivity contribution is 7.91. The van der Waals surface area contributed by atoms with Crippen molar-refractivity contribution in [3.8, 4) is 11.5 Å². The number of rotatable bonds is 2. The molecule has 0 atom stereocenters. The van der Waals surface area contributed by atoms with Crippen molar-refractivity contribution in [3.63, 3.8) is 0 Å². The first-order valence-corrected chi connectivity index (χ1v) is 7.99. The smallest absolute Gasteiger partial charge is 0.207 e. The normalized spacial score (nSPS) is 11.6. The van der Waals surface area contributed by atoms with Gasteiger partial charge in [0.15, 0.2) is 0 Å². The molecular formula is C16H18O4S. The largest absolute Gasteiger partial charge is 0.508 e. The zero-order chi connectivity index (χ0) is 15.9. The summed E-state index contributed by atoms with van der Waals surface area (Å²) in [7, 11) is -3.82. The molecule has 2 N–H and O–H groups in total. The van der Waals surface area contributed by atoms with Crippen molar-refractivity contribution in [3.05, 3.63) is 46.5 Å². The van der Waals surface area contributed by atoms with Gasteiger partial charge in [-0.2, -0.15) is 0 Å².